The summed E-state index contributed by atoms with van der Waals surface area (Å²) >= 11 is 0. The van der Waals surface area contributed by atoms with Gasteiger partial charge in [0, 0.05) is 19.5 Å². The highest BCUT2D eigenvalue weighted by atomic mass is 19.4. The van der Waals surface area contributed by atoms with E-state index in [1.54, 1.807) is 0 Å². The highest BCUT2D eigenvalue weighted by molar-refractivity contribution is 5.80. The van der Waals surface area contributed by atoms with Crippen LogP contribution in [0.3, 0.4) is 0 Å². The van der Waals surface area contributed by atoms with Gasteiger partial charge in [0.05, 0.1) is 6.04 Å². The summed E-state index contributed by atoms with van der Waals surface area (Å²) in [5.41, 5.74) is 1.13. The van der Waals surface area contributed by atoms with Crippen molar-refractivity contribution in [1.29, 1.82) is 0 Å². The number of alkyl halides is 3. The fourth-order valence-corrected chi connectivity index (χ4v) is 1.98. The van der Waals surface area contributed by atoms with E-state index in [-0.39, 0.29) is 12.5 Å². The number of aliphatic imine (C=N–C) groups is 1. The molecule has 1 atom stereocenters. The minimum Gasteiger partial charge on any atom is -0.357 e. The van der Waals surface area contributed by atoms with Crippen LogP contribution in [-0.2, 0) is 0 Å². The van der Waals surface area contributed by atoms with Gasteiger partial charge in [0.25, 0.3) is 0 Å². The minimum absolute atomic E-state index is 0.0779. The highest BCUT2D eigenvalue weighted by Crippen LogP contribution is 2.22. The summed E-state index contributed by atoms with van der Waals surface area (Å²) in [6, 6.07) is 10.0. The smallest absolute Gasteiger partial charge is 0.357 e. The van der Waals surface area contributed by atoms with Gasteiger partial charge in [-0.15, -0.1) is 0 Å². The van der Waals surface area contributed by atoms with Gasteiger partial charge in [0.1, 0.15) is 0 Å². The van der Waals surface area contributed by atoms with Crippen molar-refractivity contribution in [2.75, 3.05) is 13.1 Å². The van der Waals surface area contributed by atoms with Gasteiger partial charge in [0.15, 0.2) is 5.96 Å². The topological polar surface area (TPSA) is 36.4 Å². The standard InChI is InChI=1S/C16H24F3N3/c1-3-20-15(21-12-8-7-11-16(17,18)19)22-13(2)14-9-5-4-6-10-14/h4-6,9-10,13H,3,7-8,11-12H2,1-2H3,(H2,20,21,22). The molecule has 1 rings (SSSR count). The Morgan fingerprint density at radius 2 is 1.86 bits per heavy atom. The molecule has 0 bridgehead atoms. The molecule has 22 heavy (non-hydrogen) atoms. The van der Waals surface area contributed by atoms with Crippen LogP contribution in [0, 0.1) is 0 Å². The number of hydrogen-bond donors (Lipinski definition) is 2. The lowest BCUT2D eigenvalue weighted by Gasteiger charge is -2.18. The quantitative estimate of drug-likeness (QED) is 0.453. The Hall–Kier alpha value is -1.72. The van der Waals surface area contributed by atoms with Crippen LogP contribution in [0.5, 0.6) is 0 Å². The Balaban J connectivity index is 2.45. The molecule has 0 aliphatic heterocycles. The molecule has 1 aromatic rings. The van der Waals surface area contributed by atoms with Gasteiger partial charge in [-0.2, -0.15) is 13.2 Å². The maximum absolute atomic E-state index is 12.1. The maximum Gasteiger partial charge on any atom is 0.389 e. The lowest BCUT2D eigenvalue weighted by Crippen LogP contribution is -2.38. The summed E-state index contributed by atoms with van der Waals surface area (Å²) in [4.78, 5) is 4.33. The molecule has 0 aliphatic rings. The number of benzene rings is 1. The van der Waals surface area contributed by atoms with Crippen molar-refractivity contribution in [3.63, 3.8) is 0 Å². The molecular weight excluding hydrogens is 291 g/mol. The van der Waals surface area contributed by atoms with Gasteiger partial charge >= 0.3 is 6.18 Å². The van der Waals surface area contributed by atoms with E-state index in [1.165, 1.54) is 0 Å². The molecule has 1 unspecified atom stereocenters. The lowest BCUT2D eigenvalue weighted by molar-refractivity contribution is -0.135. The molecular formula is C16H24F3N3. The molecule has 0 saturated heterocycles. The fourth-order valence-electron chi connectivity index (χ4n) is 1.98. The normalized spacial score (nSPS) is 13.8. The fraction of sp³-hybridized carbons (Fsp3) is 0.562. The maximum atomic E-state index is 12.1. The van der Waals surface area contributed by atoms with Gasteiger partial charge in [-0.25, -0.2) is 0 Å². The second-order valence-electron chi connectivity index (χ2n) is 5.11. The minimum atomic E-state index is -4.08. The first-order valence-electron chi connectivity index (χ1n) is 7.59. The molecule has 0 aromatic heterocycles. The molecule has 0 spiro atoms. The van der Waals surface area contributed by atoms with E-state index < -0.39 is 12.6 Å². The van der Waals surface area contributed by atoms with Crippen LogP contribution in [0.1, 0.15) is 44.7 Å². The third kappa shape index (κ3) is 7.90. The van der Waals surface area contributed by atoms with Crippen molar-refractivity contribution < 1.29 is 13.2 Å². The highest BCUT2D eigenvalue weighted by Gasteiger charge is 2.25. The second kappa shape index (κ2) is 9.33. The van der Waals surface area contributed by atoms with E-state index in [2.05, 4.69) is 15.6 Å². The Morgan fingerprint density at radius 1 is 1.18 bits per heavy atom. The van der Waals surface area contributed by atoms with Crippen LogP contribution >= 0.6 is 0 Å². The van der Waals surface area contributed by atoms with Gasteiger partial charge in [-0.3, -0.25) is 4.99 Å². The lowest BCUT2D eigenvalue weighted by atomic mass is 10.1. The molecule has 124 valence electrons. The summed E-state index contributed by atoms with van der Waals surface area (Å²) in [5.74, 6) is 0.630. The number of guanidine groups is 1. The number of rotatable bonds is 7. The summed E-state index contributed by atoms with van der Waals surface area (Å²) in [6.07, 6.45) is -4.28. The summed E-state index contributed by atoms with van der Waals surface area (Å²) in [6.45, 7) is 5.06. The molecule has 1 aromatic carbocycles. The summed E-state index contributed by atoms with van der Waals surface area (Å²) in [5, 5.41) is 6.37. The van der Waals surface area contributed by atoms with Crippen molar-refractivity contribution in [3.05, 3.63) is 35.9 Å². The van der Waals surface area contributed by atoms with E-state index in [0.717, 1.165) is 5.56 Å². The molecule has 0 radical (unpaired) electrons. The van der Waals surface area contributed by atoms with Crippen LogP contribution in [-0.4, -0.2) is 25.2 Å². The van der Waals surface area contributed by atoms with E-state index in [0.29, 0.717) is 25.5 Å². The SMILES string of the molecule is CCNC(=NCCCCC(F)(F)F)NC(C)c1ccccc1. The molecule has 0 heterocycles. The van der Waals surface area contributed by atoms with Gasteiger partial charge in [-0.05, 0) is 32.3 Å². The third-order valence-electron chi connectivity index (χ3n) is 3.14. The first-order valence-corrected chi connectivity index (χ1v) is 7.59. The molecule has 3 nitrogen and oxygen atoms in total. The Morgan fingerprint density at radius 3 is 2.45 bits per heavy atom. The molecule has 2 N–H and O–H groups in total. The second-order valence-corrected chi connectivity index (χ2v) is 5.11. The first kappa shape index (κ1) is 18.3. The Bertz CT molecular complexity index is 444. The van der Waals surface area contributed by atoms with Crippen LogP contribution in [0.2, 0.25) is 0 Å². The van der Waals surface area contributed by atoms with Crippen LogP contribution in [0.15, 0.2) is 35.3 Å². The van der Waals surface area contributed by atoms with Crippen LogP contribution in [0.25, 0.3) is 0 Å². The van der Waals surface area contributed by atoms with E-state index >= 15 is 0 Å². The van der Waals surface area contributed by atoms with E-state index in [9.17, 15) is 13.2 Å². The predicted octanol–water partition coefficient (Wildman–Crippen LogP) is 4.04. The van der Waals surface area contributed by atoms with Gasteiger partial charge in [-0.1, -0.05) is 30.3 Å². The first-order chi connectivity index (χ1) is 10.4. The number of unbranched alkanes of at least 4 members (excludes halogenated alkanes) is 1. The number of nitrogens with zero attached hydrogens (tertiary/aromatic N) is 1. The monoisotopic (exact) mass is 315 g/mol. The number of halogens is 3. The Kier molecular flexibility index (Phi) is 7.77. The molecule has 0 amide bonds. The van der Waals surface area contributed by atoms with Crippen molar-refractivity contribution >= 4 is 5.96 Å². The molecule has 6 heteroatoms. The molecule has 0 fully saturated rings. The van der Waals surface area contributed by atoms with Gasteiger partial charge in [0.2, 0.25) is 0 Å². The number of hydrogen-bond acceptors (Lipinski definition) is 1. The molecule has 0 saturated carbocycles. The zero-order valence-corrected chi connectivity index (χ0v) is 13.1. The Labute approximate surface area is 130 Å². The average molecular weight is 315 g/mol. The van der Waals surface area contributed by atoms with Gasteiger partial charge < -0.3 is 10.6 Å². The van der Waals surface area contributed by atoms with Crippen LogP contribution < -0.4 is 10.6 Å². The zero-order chi connectivity index (χ0) is 16.4. The summed E-state index contributed by atoms with van der Waals surface area (Å²) < 4.78 is 36.2. The van der Waals surface area contributed by atoms with Crippen molar-refractivity contribution in [3.8, 4) is 0 Å². The number of nitrogens with one attached hydrogen (secondary N) is 2. The average Bonchev–Trinajstić information content (AvgIpc) is 2.46. The van der Waals surface area contributed by atoms with E-state index in [1.807, 2.05) is 44.2 Å². The van der Waals surface area contributed by atoms with Crippen molar-refractivity contribution in [2.24, 2.45) is 4.99 Å². The largest absolute Gasteiger partial charge is 0.389 e. The summed E-state index contributed by atoms with van der Waals surface area (Å²) in [7, 11) is 0. The predicted molar refractivity (Wildman–Crippen MR) is 83.9 cm³/mol. The van der Waals surface area contributed by atoms with Crippen molar-refractivity contribution in [2.45, 2.75) is 45.3 Å². The zero-order valence-electron chi connectivity index (χ0n) is 13.1. The van der Waals surface area contributed by atoms with E-state index in [4.69, 9.17) is 0 Å². The van der Waals surface area contributed by atoms with Crippen LogP contribution in [0.4, 0.5) is 13.2 Å². The third-order valence-corrected chi connectivity index (χ3v) is 3.14. The molecule has 0 aliphatic carbocycles. The van der Waals surface area contributed by atoms with Crippen molar-refractivity contribution in [1.82, 2.24) is 10.6 Å².